The van der Waals surface area contributed by atoms with Gasteiger partial charge in [0, 0.05) is 44.2 Å². The third kappa shape index (κ3) is 4.61. The fourth-order valence-electron chi connectivity index (χ4n) is 8.34. The second kappa shape index (κ2) is 11.7. The van der Waals surface area contributed by atoms with Crippen molar-refractivity contribution in [3.8, 4) is 16.8 Å². The lowest BCUT2D eigenvalue weighted by atomic mass is 9.95. The number of para-hydroxylation sites is 4. The third-order valence-corrected chi connectivity index (χ3v) is 10.7. The predicted molar refractivity (Wildman–Crippen MR) is 223 cm³/mol. The molecule has 0 aliphatic rings. The van der Waals surface area contributed by atoms with Crippen molar-refractivity contribution in [1.82, 2.24) is 4.57 Å². The maximum Gasteiger partial charge on any atom is 0.159 e. The molecule has 0 amide bonds. The van der Waals surface area contributed by atoms with Gasteiger partial charge >= 0.3 is 0 Å². The molecule has 11 rings (SSSR count). The fourth-order valence-corrected chi connectivity index (χ4v) is 8.34. The molecule has 0 fully saturated rings. The Morgan fingerprint density at radius 2 is 1.08 bits per heavy atom. The summed E-state index contributed by atoms with van der Waals surface area (Å²) in [5.41, 5.74) is 10.6. The van der Waals surface area contributed by atoms with Crippen molar-refractivity contribution in [3.05, 3.63) is 194 Å². The van der Waals surface area contributed by atoms with Crippen molar-refractivity contribution in [3.63, 3.8) is 0 Å². The Hall–Kier alpha value is -7.10. The third-order valence-electron chi connectivity index (χ3n) is 10.7. The summed E-state index contributed by atoms with van der Waals surface area (Å²) in [4.78, 5) is 2.32. The van der Waals surface area contributed by atoms with Crippen LogP contribution in [0.25, 0.3) is 82.1 Å². The zero-order valence-corrected chi connectivity index (χ0v) is 28.8. The van der Waals surface area contributed by atoms with E-state index in [1.165, 1.54) is 43.4 Å². The maximum atomic E-state index is 7.22. The van der Waals surface area contributed by atoms with Crippen LogP contribution in [0.3, 0.4) is 0 Å². The smallest absolute Gasteiger partial charge is 0.159 e. The first kappa shape index (κ1) is 29.6. The molecule has 248 valence electrons. The first-order valence-corrected chi connectivity index (χ1v) is 18.1. The van der Waals surface area contributed by atoms with E-state index in [2.05, 4.69) is 204 Å². The van der Waals surface area contributed by atoms with Gasteiger partial charge in [-0.05, 0) is 93.8 Å². The quantitative estimate of drug-likeness (QED) is 0.181. The van der Waals surface area contributed by atoms with Gasteiger partial charge in [-0.15, -0.1) is 0 Å². The van der Waals surface area contributed by atoms with E-state index in [4.69, 9.17) is 4.42 Å². The second-order valence-electron chi connectivity index (χ2n) is 13.7. The largest absolute Gasteiger partial charge is 0.453 e. The van der Waals surface area contributed by atoms with Crippen molar-refractivity contribution in [2.24, 2.45) is 0 Å². The van der Waals surface area contributed by atoms with Crippen LogP contribution < -0.4 is 4.90 Å². The molecule has 2 aromatic heterocycles. The molecular formula is C50H32N2O. The monoisotopic (exact) mass is 676 g/mol. The lowest BCUT2D eigenvalue weighted by Gasteiger charge is -2.25. The summed E-state index contributed by atoms with van der Waals surface area (Å²) in [6.07, 6.45) is 0. The highest BCUT2D eigenvalue weighted by atomic mass is 16.3. The van der Waals surface area contributed by atoms with Crippen LogP contribution in [0.15, 0.2) is 199 Å². The Bertz CT molecular complexity index is 3170. The summed E-state index contributed by atoms with van der Waals surface area (Å²) in [5.74, 6) is 0. The first-order chi connectivity index (χ1) is 26.3. The molecule has 0 saturated carbocycles. The van der Waals surface area contributed by atoms with Crippen LogP contribution >= 0.6 is 0 Å². The van der Waals surface area contributed by atoms with Crippen LogP contribution in [-0.4, -0.2) is 4.57 Å². The molecular weight excluding hydrogens is 645 g/mol. The molecule has 3 nitrogen and oxygen atoms in total. The van der Waals surface area contributed by atoms with Crippen LogP contribution in [-0.2, 0) is 0 Å². The molecule has 0 saturated heterocycles. The number of aromatic nitrogens is 1. The van der Waals surface area contributed by atoms with Gasteiger partial charge in [-0.2, -0.15) is 0 Å². The van der Waals surface area contributed by atoms with Gasteiger partial charge in [0.25, 0.3) is 0 Å². The molecule has 0 atom stereocenters. The number of rotatable bonds is 5. The average Bonchev–Trinajstić information content (AvgIpc) is 3.78. The van der Waals surface area contributed by atoms with E-state index in [0.29, 0.717) is 0 Å². The summed E-state index contributed by atoms with van der Waals surface area (Å²) in [7, 11) is 0. The van der Waals surface area contributed by atoms with Crippen molar-refractivity contribution in [2.45, 2.75) is 0 Å². The highest BCUT2D eigenvalue weighted by Gasteiger charge is 2.23. The van der Waals surface area contributed by atoms with Crippen molar-refractivity contribution in [1.29, 1.82) is 0 Å². The first-order valence-electron chi connectivity index (χ1n) is 18.1. The van der Waals surface area contributed by atoms with E-state index in [0.717, 1.165) is 55.8 Å². The molecule has 2 heterocycles. The van der Waals surface area contributed by atoms with E-state index >= 15 is 0 Å². The molecule has 0 N–H and O–H groups in total. The topological polar surface area (TPSA) is 21.3 Å². The molecule has 53 heavy (non-hydrogen) atoms. The van der Waals surface area contributed by atoms with Gasteiger partial charge in [0.2, 0.25) is 0 Å². The van der Waals surface area contributed by atoms with E-state index in [1.54, 1.807) is 0 Å². The minimum atomic E-state index is 0.860. The maximum absolute atomic E-state index is 7.22. The van der Waals surface area contributed by atoms with Gasteiger partial charge in [0.15, 0.2) is 5.58 Å². The minimum Gasteiger partial charge on any atom is -0.453 e. The van der Waals surface area contributed by atoms with Crippen LogP contribution in [0.1, 0.15) is 0 Å². The molecule has 11 aromatic rings. The Morgan fingerprint density at radius 3 is 1.92 bits per heavy atom. The van der Waals surface area contributed by atoms with Gasteiger partial charge in [-0.3, -0.25) is 0 Å². The Labute approximate surface area is 306 Å². The lowest BCUT2D eigenvalue weighted by molar-refractivity contribution is 0.670. The molecule has 0 spiro atoms. The predicted octanol–water partition coefficient (Wildman–Crippen LogP) is 14.1. The highest BCUT2D eigenvalue weighted by molar-refractivity contribution is 6.24. The number of hydrogen-bond acceptors (Lipinski definition) is 2. The molecule has 0 unspecified atom stereocenters. The lowest BCUT2D eigenvalue weighted by Crippen LogP contribution is -2.10. The van der Waals surface area contributed by atoms with Crippen LogP contribution in [0, 0.1) is 0 Å². The van der Waals surface area contributed by atoms with Gasteiger partial charge < -0.3 is 13.9 Å². The van der Waals surface area contributed by atoms with Crippen LogP contribution in [0.4, 0.5) is 17.1 Å². The molecule has 0 bridgehead atoms. The zero-order chi connectivity index (χ0) is 34.9. The van der Waals surface area contributed by atoms with Crippen LogP contribution in [0.2, 0.25) is 0 Å². The van der Waals surface area contributed by atoms with Crippen molar-refractivity contribution < 1.29 is 4.42 Å². The van der Waals surface area contributed by atoms with Crippen LogP contribution in [0.5, 0.6) is 0 Å². The molecule has 9 aromatic carbocycles. The molecule has 0 aliphatic carbocycles. The summed E-state index contributed by atoms with van der Waals surface area (Å²) >= 11 is 0. The number of benzene rings is 9. The van der Waals surface area contributed by atoms with E-state index in [1.807, 2.05) is 0 Å². The number of anilines is 3. The second-order valence-corrected chi connectivity index (χ2v) is 13.7. The summed E-state index contributed by atoms with van der Waals surface area (Å²) < 4.78 is 9.58. The van der Waals surface area contributed by atoms with Gasteiger partial charge in [0.05, 0.1) is 16.7 Å². The van der Waals surface area contributed by atoms with E-state index in [-0.39, 0.29) is 0 Å². The Balaban J connectivity index is 1.19. The summed E-state index contributed by atoms with van der Waals surface area (Å²) in [6.45, 7) is 0. The molecule has 0 aliphatic heterocycles. The number of hydrogen-bond donors (Lipinski definition) is 0. The number of nitrogens with zero attached hydrogens (tertiary/aromatic N) is 2. The van der Waals surface area contributed by atoms with Gasteiger partial charge in [-0.1, -0.05) is 127 Å². The SMILES string of the molecule is c1ccc(N(c2ccc3ccccc3c2)c2cccc3c2oc2c(-c4ccc5c(c4)c4ccccc4n5-c4ccccc4)cc4ccccc4c23)cc1. The number of furan rings is 1. The van der Waals surface area contributed by atoms with Gasteiger partial charge in [0.1, 0.15) is 5.58 Å². The minimum absolute atomic E-state index is 0.860. The normalized spacial score (nSPS) is 11.8. The number of fused-ring (bicyclic) bond motifs is 9. The zero-order valence-electron chi connectivity index (χ0n) is 28.8. The van der Waals surface area contributed by atoms with Crippen molar-refractivity contribution in [2.75, 3.05) is 4.90 Å². The highest BCUT2D eigenvalue weighted by Crippen LogP contribution is 2.47. The van der Waals surface area contributed by atoms with E-state index in [9.17, 15) is 0 Å². The van der Waals surface area contributed by atoms with Crippen molar-refractivity contribution >= 4 is 82.4 Å². The Morgan fingerprint density at radius 1 is 0.396 bits per heavy atom. The van der Waals surface area contributed by atoms with Gasteiger partial charge in [-0.25, -0.2) is 0 Å². The molecule has 3 heteroatoms. The standard InChI is InChI=1S/C50H32N2O/c1-3-17-37(18-4-1)51(39-28-26-33-14-7-8-15-34(33)30-39)47-25-13-23-42-48-40-21-10-9-16-35(40)31-43(50(48)53-49(42)47)36-27-29-46-44(32-36)41-22-11-12-24-45(41)52(46)38-19-5-2-6-20-38/h1-32H. The average molecular weight is 677 g/mol. The van der Waals surface area contributed by atoms with E-state index < -0.39 is 0 Å². The fraction of sp³-hybridized carbons (Fsp3) is 0. The summed E-state index contributed by atoms with van der Waals surface area (Å²) in [5, 5.41) is 9.45. The summed E-state index contributed by atoms with van der Waals surface area (Å²) in [6, 6.07) is 69.5. The Kier molecular flexibility index (Phi) is 6.55. The molecule has 0 radical (unpaired) electrons.